The number of hydrogen-bond donors (Lipinski definition) is 2. The van der Waals surface area contributed by atoms with Crippen LogP contribution in [0.25, 0.3) is 0 Å². The Labute approximate surface area is 99.0 Å². The van der Waals surface area contributed by atoms with Crippen LogP contribution in [0.15, 0.2) is 29.8 Å². The van der Waals surface area contributed by atoms with E-state index in [2.05, 4.69) is 11.9 Å². The third kappa shape index (κ3) is 2.90. The Bertz CT molecular complexity index is 418. The minimum Gasteiger partial charge on any atom is -0.495 e. The van der Waals surface area contributed by atoms with E-state index >= 15 is 0 Å². The Hall–Kier alpha value is -1.68. The summed E-state index contributed by atoms with van der Waals surface area (Å²) >= 11 is 5.54. The second-order valence-electron chi connectivity index (χ2n) is 3.12. The first-order chi connectivity index (χ1) is 7.56. The normalized spacial score (nSPS) is 9.62. The fraction of sp³-hybridized carbons (Fsp3) is 0.182. The van der Waals surface area contributed by atoms with Gasteiger partial charge in [-0.25, -0.2) is 0 Å². The summed E-state index contributed by atoms with van der Waals surface area (Å²) in [5.74, 6) is 0.163. The number of carbonyl (C=O) groups is 1. The second-order valence-corrected chi connectivity index (χ2v) is 3.66. The van der Waals surface area contributed by atoms with E-state index in [1.807, 2.05) is 0 Å². The maximum Gasteiger partial charge on any atom is 0.253 e. The molecule has 1 amide bonds. The average molecular weight is 241 g/mol. The quantitative estimate of drug-likeness (QED) is 0.789. The van der Waals surface area contributed by atoms with Gasteiger partial charge in [0.05, 0.1) is 24.9 Å². The van der Waals surface area contributed by atoms with Crippen LogP contribution in [0.4, 0.5) is 5.69 Å². The number of benzene rings is 1. The van der Waals surface area contributed by atoms with Crippen LogP contribution in [0, 0.1) is 0 Å². The SMILES string of the molecule is C=C(Cl)CNC(=O)c1cccc(OC)c1N. The maximum absolute atomic E-state index is 11.7. The van der Waals surface area contributed by atoms with E-state index in [-0.39, 0.29) is 12.5 Å². The lowest BCUT2D eigenvalue weighted by Gasteiger charge is -2.09. The molecule has 0 spiro atoms. The fourth-order valence-electron chi connectivity index (χ4n) is 1.19. The predicted octanol–water partition coefficient (Wildman–Crippen LogP) is 1.76. The van der Waals surface area contributed by atoms with Gasteiger partial charge in [0.15, 0.2) is 0 Å². The molecule has 16 heavy (non-hydrogen) atoms. The first kappa shape index (κ1) is 12.4. The summed E-state index contributed by atoms with van der Waals surface area (Å²) in [5, 5.41) is 2.94. The van der Waals surface area contributed by atoms with E-state index in [4.69, 9.17) is 22.1 Å². The summed E-state index contributed by atoms with van der Waals surface area (Å²) in [6.45, 7) is 3.68. The van der Waals surface area contributed by atoms with Crippen molar-refractivity contribution < 1.29 is 9.53 Å². The van der Waals surface area contributed by atoms with Gasteiger partial charge in [-0.1, -0.05) is 24.2 Å². The minimum atomic E-state index is -0.307. The van der Waals surface area contributed by atoms with Crippen molar-refractivity contribution >= 4 is 23.2 Å². The number of carbonyl (C=O) groups excluding carboxylic acids is 1. The van der Waals surface area contributed by atoms with Crippen molar-refractivity contribution in [2.45, 2.75) is 0 Å². The average Bonchev–Trinajstić information content (AvgIpc) is 2.26. The highest BCUT2D eigenvalue weighted by Crippen LogP contribution is 2.24. The lowest BCUT2D eigenvalue weighted by molar-refractivity contribution is 0.0958. The third-order valence-electron chi connectivity index (χ3n) is 1.97. The second kappa shape index (κ2) is 5.42. The molecule has 1 rings (SSSR count). The molecule has 0 unspecified atom stereocenters. The van der Waals surface area contributed by atoms with Gasteiger partial charge in [0.2, 0.25) is 0 Å². The molecule has 1 aromatic rings. The molecular weight excluding hydrogens is 228 g/mol. The molecule has 0 aliphatic carbocycles. The number of methoxy groups -OCH3 is 1. The van der Waals surface area contributed by atoms with Crippen molar-refractivity contribution in [1.82, 2.24) is 5.32 Å². The van der Waals surface area contributed by atoms with Gasteiger partial charge in [0, 0.05) is 5.03 Å². The topological polar surface area (TPSA) is 64.3 Å². The van der Waals surface area contributed by atoms with E-state index in [0.717, 1.165) is 0 Å². The van der Waals surface area contributed by atoms with Gasteiger partial charge in [-0.3, -0.25) is 4.79 Å². The predicted molar refractivity (Wildman–Crippen MR) is 64.7 cm³/mol. The molecular formula is C11H13ClN2O2. The molecule has 0 aromatic heterocycles. The van der Waals surface area contributed by atoms with Crippen LogP contribution >= 0.6 is 11.6 Å². The molecule has 0 fully saturated rings. The lowest BCUT2D eigenvalue weighted by Crippen LogP contribution is -2.25. The zero-order valence-electron chi connectivity index (χ0n) is 8.92. The number of amides is 1. The molecule has 0 heterocycles. The van der Waals surface area contributed by atoms with E-state index in [1.54, 1.807) is 18.2 Å². The summed E-state index contributed by atoms with van der Waals surface area (Å²) in [6.07, 6.45) is 0. The zero-order valence-corrected chi connectivity index (χ0v) is 9.67. The molecule has 0 atom stereocenters. The summed E-state index contributed by atoms with van der Waals surface area (Å²) in [4.78, 5) is 11.7. The first-order valence-electron chi connectivity index (χ1n) is 4.60. The van der Waals surface area contributed by atoms with Gasteiger partial charge in [-0.15, -0.1) is 0 Å². The number of anilines is 1. The number of rotatable bonds is 4. The highest BCUT2D eigenvalue weighted by molar-refractivity contribution is 6.29. The first-order valence-corrected chi connectivity index (χ1v) is 4.98. The summed E-state index contributed by atoms with van der Waals surface area (Å²) < 4.78 is 5.01. The monoisotopic (exact) mass is 240 g/mol. The Kier molecular flexibility index (Phi) is 4.19. The standard InChI is InChI=1S/C11H13ClN2O2/c1-7(12)6-14-11(15)8-4-3-5-9(16-2)10(8)13/h3-5H,1,6,13H2,2H3,(H,14,15). The van der Waals surface area contributed by atoms with Crippen molar-refractivity contribution in [2.75, 3.05) is 19.4 Å². The third-order valence-corrected chi connectivity index (χ3v) is 2.11. The Morgan fingerprint density at radius 1 is 1.62 bits per heavy atom. The molecule has 0 radical (unpaired) electrons. The number of para-hydroxylation sites is 1. The van der Waals surface area contributed by atoms with Crippen molar-refractivity contribution in [3.05, 3.63) is 35.4 Å². The highest BCUT2D eigenvalue weighted by atomic mass is 35.5. The maximum atomic E-state index is 11.7. The summed E-state index contributed by atoms with van der Waals surface area (Å²) in [6, 6.07) is 5.00. The van der Waals surface area contributed by atoms with Gasteiger partial charge in [-0.05, 0) is 12.1 Å². The molecule has 4 nitrogen and oxygen atoms in total. The smallest absolute Gasteiger partial charge is 0.253 e. The van der Waals surface area contributed by atoms with Crippen LogP contribution in [0.3, 0.4) is 0 Å². The van der Waals surface area contributed by atoms with Crippen molar-refractivity contribution in [1.29, 1.82) is 0 Å². The minimum absolute atomic E-state index is 0.205. The van der Waals surface area contributed by atoms with E-state index in [0.29, 0.717) is 22.0 Å². The van der Waals surface area contributed by atoms with Crippen LogP contribution in [-0.2, 0) is 0 Å². The molecule has 1 aromatic carbocycles. The van der Waals surface area contributed by atoms with Crippen LogP contribution in [-0.4, -0.2) is 19.6 Å². The van der Waals surface area contributed by atoms with Crippen LogP contribution < -0.4 is 15.8 Å². The van der Waals surface area contributed by atoms with E-state index in [1.165, 1.54) is 7.11 Å². The van der Waals surface area contributed by atoms with Crippen molar-refractivity contribution in [3.8, 4) is 5.75 Å². The van der Waals surface area contributed by atoms with Gasteiger partial charge in [0.25, 0.3) is 5.91 Å². The molecule has 0 saturated carbocycles. The van der Waals surface area contributed by atoms with Crippen molar-refractivity contribution in [2.24, 2.45) is 0 Å². The number of ether oxygens (including phenoxy) is 1. The largest absolute Gasteiger partial charge is 0.495 e. The van der Waals surface area contributed by atoms with Gasteiger partial charge < -0.3 is 15.8 Å². The Balaban J connectivity index is 2.87. The summed E-state index contributed by atoms with van der Waals surface area (Å²) in [7, 11) is 1.49. The molecule has 3 N–H and O–H groups in total. The molecule has 0 aliphatic heterocycles. The van der Waals surface area contributed by atoms with Gasteiger partial charge in [-0.2, -0.15) is 0 Å². The number of nitrogens with two attached hydrogens (primary N) is 1. The van der Waals surface area contributed by atoms with Crippen LogP contribution in [0.1, 0.15) is 10.4 Å². The molecule has 86 valence electrons. The van der Waals surface area contributed by atoms with Crippen LogP contribution in [0.2, 0.25) is 0 Å². The molecule has 5 heteroatoms. The number of hydrogen-bond acceptors (Lipinski definition) is 3. The zero-order chi connectivity index (χ0) is 12.1. The van der Waals surface area contributed by atoms with Crippen LogP contribution in [0.5, 0.6) is 5.75 Å². The molecule has 0 saturated heterocycles. The Morgan fingerprint density at radius 3 is 2.88 bits per heavy atom. The van der Waals surface area contributed by atoms with Gasteiger partial charge in [0.1, 0.15) is 5.75 Å². The van der Waals surface area contributed by atoms with Crippen molar-refractivity contribution in [3.63, 3.8) is 0 Å². The Morgan fingerprint density at radius 2 is 2.31 bits per heavy atom. The highest BCUT2D eigenvalue weighted by Gasteiger charge is 2.12. The lowest BCUT2D eigenvalue weighted by atomic mass is 10.1. The number of nitrogens with one attached hydrogen (secondary N) is 1. The fourth-order valence-corrected chi connectivity index (χ4v) is 1.26. The summed E-state index contributed by atoms with van der Waals surface area (Å²) in [5.41, 5.74) is 6.43. The van der Waals surface area contributed by atoms with Gasteiger partial charge >= 0.3 is 0 Å². The number of halogens is 1. The molecule has 0 bridgehead atoms. The van der Waals surface area contributed by atoms with E-state index < -0.39 is 0 Å². The molecule has 0 aliphatic rings. The number of nitrogen functional groups attached to an aromatic ring is 1. The van der Waals surface area contributed by atoms with E-state index in [9.17, 15) is 4.79 Å².